The Morgan fingerprint density at radius 3 is 2.38 bits per heavy atom. The maximum absolute atomic E-state index is 6.39. The average molecular weight is 292 g/mol. The van der Waals surface area contributed by atoms with Crippen LogP contribution in [0.25, 0.3) is 0 Å². The van der Waals surface area contributed by atoms with Crippen LogP contribution in [0.3, 0.4) is 0 Å². The van der Waals surface area contributed by atoms with Crippen LogP contribution in [0.15, 0.2) is 0 Å². The SMILES string of the molecule is Cc1nn(C(C)C)c(N(CCC(C)C)C2CCCC2)c1N. The first-order valence-electron chi connectivity index (χ1n) is 8.53. The van der Waals surface area contributed by atoms with Gasteiger partial charge in [0.05, 0.1) is 11.4 Å². The Bertz CT molecular complexity index is 456. The summed E-state index contributed by atoms with van der Waals surface area (Å²) in [5.41, 5.74) is 8.23. The van der Waals surface area contributed by atoms with Gasteiger partial charge < -0.3 is 10.6 Å². The van der Waals surface area contributed by atoms with Crippen molar-refractivity contribution < 1.29 is 0 Å². The van der Waals surface area contributed by atoms with E-state index in [2.05, 4.69) is 42.4 Å². The molecule has 1 fully saturated rings. The molecule has 1 saturated carbocycles. The van der Waals surface area contributed by atoms with E-state index in [-0.39, 0.29) is 0 Å². The number of aromatic nitrogens is 2. The Hall–Kier alpha value is -1.19. The maximum Gasteiger partial charge on any atom is 0.151 e. The first kappa shape index (κ1) is 16.2. The zero-order chi connectivity index (χ0) is 15.6. The lowest BCUT2D eigenvalue weighted by atomic mass is 10.1. The second kappa shape index (κ2) is 6.71. The second-order valence-electron chi connectivity index (χ2n) is 7.18. The standard InChI is InChI=1S/C17H32N4/c1-12(2)10-11-20(15-8-6-7-9-15)17-16(18)14(5)19-21(17)13(3)4/h12-13,15H,6-11,18H2,1-5H3. The Morgan fingerprint density at radius 1 is 1.24 bits per heavy atom. The zero-order valence-corrected chi connectivity index (χ0v) is 14.4. The third kappa shape index (κ3) is 3.53. The van der Waals surface area contributed by atoms with Crippen molar-refractivity contribution in [2.75, 3.05) is 17.2 Å². The molecule has 2 N–H and O–H groups in total. The first-order valence-corrected chi connectivity index (χ1v) is 8.53. The lowest BCUT2D eigenvalue weighted by molar-refractivity contribution is 0.483. The van der Waals surface area contributed by atoms with Crippen molar-refractivity contribution in [2.24, 2.45) is 5.92 Å². The van der Waals surface area contributed by atoms with Gasteiger partial charge in [-0.1, -0.05) is 26.7 Å². The molecule has 0 atom stereocenters. The van der Waals surface area contributed by atoms with Crippen molar-refractivity contribution in [2.45, 2.75) is 78.8 Å². The summed E-state index contributed by atoms with van der Waals surface area (Å²) in [6, 6.07) is 0.985. The van der Waals surface area contributed by atoms with E-state index in [9.17, 15) is 0 Å². The fraction of sp³-hybridized carbons (Fsp3) is 0.824. The molecular formula is C17H32N4. The van der Waals surface area contributed by atoms with E-state index in [0.29, 0.717) is 18.0 Å². The third-order valence-corrected chi connectivity index (χ3v) is 4.58. The Labute approximate surface area is 129 Å². The summed E-state index contributed by atoms with van der Waals surface area (Å²) in [6.45, 7) is 12.1. The third-order valence-electron chi connectivity index (χ3n) is 4.58. The summed E-state index contributed by atoms with van der Waals surface area (Å²) in [7, 11) is 0. The summed E-state index contributed by atoms with van der Waals surface area (Å²) < 4.78 is 2.13. The van der Waals surface area contributed by atoms with Crippen molar-refractivity contribution >= 4 is 11.5 Å². The van der Waals surface area contributed by atoms with Crippen LogP contribution in [0.1, 0.15) is 71.5 Å². The molecule has 0 bridgehead atoms. The van der Waals surface area contributed by atoms with E-state index in [1.807, 2.05) is 6.92 Å². The zero-order valence-electron chi connectivity index (χ0n) is 14.4. The first-order chi connectivity index (χ1) is 9.91. The lowest BCUT2D eigenvalue weighted by Gasteiger charge is -2.33. The Balaban J connectivity index is 2.35. The van der Waals surface area contributed by atoms with Gasteiger partial charge in [-0.15, -0.1) is 0 Å². The van der Waals surface area contributed by atoms with Crippen LogP contribution in [0.5, 0.6) is 0 Å². The molecule has 4 heteroatoms. The highest BCUT2D eigenvalue weighted by Crippen LogP contribution is 2.35. The van der Waals surface area contributed by atoms with Crippen LogP contribution in [-0.2, 0) is 0 Å². The van der Waals surface area contributed by atoms with Gasteiger partial charge in [0.25, 0.3) is 0 Å². The highest BCUT2D eigenvalue weighted by molar-refractivity contribution is 5.67. The number of hydrogen-bond donors (Lipinski definition) is 1. The molecule has 1 heterocycles. The van der Waals surface area contributed by atoms with Gasteiger partial charge in [-0.3, -0.25) is 0 Å². The van der Waals surface area contributed by atoms with Gasteiger partial charge >= 0.3 is 0 Å². The van der Waals surface area contributed by atoms with Crippen LogP contribution in [0.2, 0.25) is 0 Å². The molecule has 21 heavy (non-hydrogen) atoms. The number of nitrogen functional groups attached to an aromatic ring is 1. The van der Waals surface area contributed by atoms with E-state index in [1.165, 1.54) is 32.1 Å². The number of nitrogens with two attached hydrogens (primary N) is 1. The van der Waals surface area contributed by atoms with Crippen molar-refractivity contribution in [1.82, 2.24) is 9.78 Å². The predicted octanol–water partition coefficient (Wildman–Crippen LogP) is 4.15. The molecule has 0 aromatic carbocycles. The maximum atomic E-state index is 6.39. The number of anilines is 2. The second-order valence-corrected chi connectivity index (χ2v) is 7.18. The smallest absolute Gasteiger partial charge is 0.151 e. The highest BCUT2D eigenvalue weighted by Gasteiger charge is 2.28. The van der Waals surface area contributed by atoms with Gasteiger partial charge in [0.2, 0.25) is 0 Å². The predicted molar refractivity (Wildman–Crippen MR) is 90.8 cm³/mol. The van der Waals surface area contributed by atoms with E-state index in [1.54, 1.807) is 0 Å². The number of rotatable bonds is 6. The van der Waals surface area contributed by atoms with Crippen LogP contribution in [0.4, 0.5) is 11.5 Å². The molecule has 1 aromatic heterocycles. The molecule has 4 nitrogen and oxygen atoms in total. The van der Waals surface area contributed by atoms with E-state index < -0.39 is 0 Å². The molecule has 0 radical (unpaired) electrons. The fourth-order valence-electron chi connectivity index (χ4n) is 3.27. The number of nitrogens with zero attached hydrogens (tertiary/aromatic N) is 3. The van der Waals surface area contributed by atoms with E-state index in [0.717, 1.165) is 23.7 Å². The molecule has 120 valence electrons. The normalized spacial score (nSPS) is 16.3. The largest absolute Gasteiger partial charge is 0.394 e. The molecule has 1 aliphatic rings. The summed E-state index contributed by atoms with van der Waals surface area (Å²) in [5.74, 6) is 1.88. The topological polar surface area (TPSA) is 47.1 Å². The van der Waals surface area contributed by atoms with Crippen molar-refractivity contribution in [1.29, 1.82) is 0 Å². The molecule has 1 aromatic rings. The monoisotopic (exact) mass is 292 g/mol. The van der Waals surface area contributed by atoms with Crippen LogP contribution in [-0.4, -0.2) is 22.4 Å². The fourth-order valence-corrected chi connectivity index (χ4v) is 3.27. The molecule has 0 amide bonds. The van der Waals surface area contributed by atoms with Gasteiger partial charge in [-0.2, -0.15) is 5.10 Å². The van der Waals surface area contributed by atoms with E-state index >= 15 is 0 Å². The lowest BCUT2D eigenvalue weighted by Crippen LogP contribution is -2.37. The molecule has 1 aliphatic carbocycles. The van der Waals surface area contributed by atoms with Crippen molar-refractivity contribution in [3.63, 3.8) is 0 Å². The summed E-state index contributed by atoms with van der Waals surface area (Å²) in [5, 5.41) is 4.68. The van der Waals surface area contributed by atoms with Gasteiger partial charge in [0.15, 0.2) is 5.82 Å². The van der Waals surface area contributed by atoms with Crippen LogP contribution in [0, 0.1) is 12.8 Å². The Kier molecular flexibility index (Phi) is 5.17. The molecule has 0 aliphatic heterocycles. The Morgan fingerprint density at radius 2 is 1.86 bits per heavy atom. The highest BCUT2D eigenvalue weighted by atomic mass is 15.4. The van der Waals surface area contributed by atoms with Gasteiger partial charge in [-0.05, 0) is 46.0 Å². The molecule has 2 rings (SSSR count). The minimum Gasteiger partial charge on any atom is -0.394 e. The van der Waals surface area contributed by atoms with Crippen molar-refractivity contribution in [3.8, 4) is 0 Å². The van der Waals surface area contributed by atoms with Gasteiger partial charge in [-0.25, -0.2) is 4.68 Å². The van der Waals surface area contributed by atoms with Crippen molar-refractivity contribution in [3.05, 3.63) is 5.69 Å². The molecule has 0 spiro atoms. The number of aryl methyl sites for hydroxylation is 1. The number of hydrogen-bond acceptors (Lipinski definition) is 3. The minimum atomic E-state index is 0.346. The molecule has 0 unspecified atom stereocenters. The average Bonchev–Trinajstić information content (AvgIpc) is 3.02. The van der Waals surface area contributed by atoms with Crippen LogP contribution >= 0.6 is 0 Å². The molecular weight excluding hydrogens is 260 g/mol. The summed E-state index contributed by atoms with van der Waals surface area (Å²) in [6.07, 6.45) is 6.48. The summed E-state index contributed by atoms with van der Waals surface area (Å²) in [4.78, 5) is 2.56. The van der Waals surface area contributed by atoms with E-state index in [4.69, 9.17) is 5.73 Å². The minimum absolute atomic E-state index is 0.346. The summed E-state index contributed by atoms with van der Waals surface area (Å²) >= 11 is 0. The quantitative estimate of drug-likeness (QED) is 0.856. The molecule has 0 saturated heterocycles. The van der Waals surface area contributed by atoms with Gasteiger partial charge in [0.1, 0.15) is 0 Å². The van der Waals surface area contributed by atoms with Gasteiger partial charge in [0, 0.05) is 18.6 Å². The van der Waals surface area contributed by atoms with Crippen LogP contribution < -0.4 is 10.6 Å².